The molecule has 0 saturated carbocycles. The Bertz CT molecular complexity index is 345. The van der Waals surface area contributed by atoms with Gasteiger partial charge in [0.2, 0.25) is 0 Å². The number of aryl methyl sites for hydroxylation is 1. The second-order valence-corrected chi connectivity index (χ2v) is 3.14. The van der Waals surface area contributed by atoms with Crippen LogP contribution in [0.3, 0.4) is 0 Å². The summed E-state index contributed by atoms with van der Waals surface area (Å²) in [6.07, 6.45) is 2.18. The zero-order chi connectivity index (χ0) is 9.42. The van der Waals surface area contributed by atoms with Crippen LogP contribution in [0.2, 0.25) is 0 Å². The van der Waals surface area contributed by atoms with E-state index >= 15 is 0 Å². The first kappa shape index (κ1) is 8.10. The summed E-state index contributed by atoms with van der Waals surface area (Å²) >= 11 is 0. The molecule has 0 spiro atoms. The van der Waals surface area contributed by atoms with Crippen molar-refractivity contribution in [2.45, 2.75) is 25.2 Å². The molecule has 1 heterocycles. The summed E-state index contributed by atoms with van der Waals surface area (Å²) in [5, 5.41) is 8.87. The Balaban J connectivity index is 2.41. The Morgan fingerprint density at radius 1 is 1.69 bits per heavy atom. The predicted molar refractivity (Wildman–Crippen MR) is 44.2 cm³/mol. The fourth-order valence-corrected chi connectivity index (χ4v) is 1.68. The number of rotatable bonds is 1. The molecule has 1 aromatic heterocycles. The quantitative estimate of drug-likeness (QED) is 0.669. The molecular formula is C8H10N2O3. The lowest BCUT2D eigenvalue weighted by molar-refractivity contribution is -0.139. The van der Waals surface area contributed by atoms with Crippen LogP contribution in [-0.2, 0) is 11.2 Å². The number of carboxylic acid groups (broad SMARTS) is 1. The van der Waals surface area contributed by atoms with E-state index < -0.39 is 11.9 Å². The third kappa shape index (κ3) is 1.26. The van der Waals surface area contributed by atoms with E-state index in [9.17, 15) is 4.79 Å². The average molecular weight is 182 g/mol. The van der Waals surface area contributed by atoms with Gasteiger partial charge in [-0.1, -0.05) is 0 Å². The monoisotopic (exact) mass is 182 g/mol. The number of carboxylic acids is 1. The third-order valence-electron chi connectivity index (χ3n) is 2.27. The van der Waals surface area contributed by atoms with Crippen LogP contribution in [0, 0.1) is 0 Å². The molecule has 0 aliphatic heterocycles. The molecule has 0 radical (unpaired) electrons. The van der Waals surface area contributed by atoms with E-state index in [0.29, 0.717) is 17.9 Å². The lowest BCUT2D eigenvalue weighted by Gasteiger charge is -2.14. The molecule has 0 bridgehead atoms. The Morgan fingerprint density at radius 3 is 3.15 bits per heavy atom. The van der Waals surface area contributed by atoms with Crippen LogP contribution in [-0.4, -0.2) is 16.1 Å². The maximum Gasteiger partial charge on any atom is 0.312 e. The Morgan fingerprint density at radius 2 is 2.46 bits per heavy atom. The molecule has 5 heteroatoms. The maximum absolute atomic E-state index is 10.8. The molecule has 70 valence electrons. The lowest BCUT2D eigenvalue weighted by atomic mass is 9.91. The smallest absolute Gasteiger partial charge is 0.312 e. The first-order valence-corrected chi connectivity index (χ1v) is 4.16. The van der Waals surface area contributed by atoms with Crippen molar-refractivity contribution in [3.63, 3.8) is 0 Å². The standard InChI is InChI=1S/C8H10N2O3/c9-8-10-6-4(7(11)12)2-1-3-5(6)13-8/h4H,1-3H2,(H2,9,10)(H,11,12). The number of hydrogen-bond acceptors (Lipinski definition) is 4. The topological polar surface area (TPSA) is 89.4 Å². The number of carbonyl (C=O) groups is 1. The van der Waals surface area contributed by atoms with E-state index in [-0.39, 0.29) is 6.01 Å². The highest BCUT2D eigenvalue weighted by atomic mass is 16.4. The Hall–Kier alpha value is -1.52. The van der Waals surface area contributed by atoms with Crippen molar-refractivity contribution < 1.29 is 14.3 Å². The second kappa shape index (κ2) is 2.76. The molecule has 13 heavy (non-hydrogen) atoms. The van der Waals surface area contributed by atoms with Gasteiger partial charge < -0.3 is 15.3 Å². The number of fused-ring (bicyclic) bond motifs is 1. The van der Waals surface area contributed by atoms with Crippen molar-refractivity contribution >= 4 is 12.0 Å². The first-order valence-electron chi connectivity index (χ1n) is 4.16. The summed E-state index contributed by atoms with van der Waals surface area (Å²) in [6.45, 7) is 0. The van der Waals surface area contributed by atoms with Gasteiger partial charge in [-0.15, -0.1) is 0 Å². The molecule has 0 aromatic carbocycles. The first-order chi connectivity index (χ1) is 6.18. The molecule has 5 nitrogen and oxygen atoms in total. The molecule has 0 saturated heterocycles. The number of anilines is 1. The van der Waals surface area contributed by atoms with Crippen LogP contribution in [0.5, 0.6) is 0 Å². The zero-order valence-electron chi connectivity index (χ0n) is 6.99. The van der Waals surface area contributed by atoms with Gasteiger partial charge in [-0.2, -0.15) is 4.98 Å². The van der Waals surface area contributed by atoms with Crippen molar-refractivity contribution in [1.29, 1.82) is 0 Å². The van der Waals surface area contributed by atoms with Crippen molar-refractivity contribution in [2.75, 3.05) is 5.73 Å². The van der Waals surface area contributed by atoms with E-state index in [1.54, 1.807) is 0 Å². The number of nitrogen functional groups attached to an aromatic ring is 1. The Labute approximate surface area is 74.6 Å². The number of hydrogen-bond donors (Lipinski definition) is 2. The minimum absolute atomic E-state index is 0.0677. The highest BCUT2D eigenvalue weighted by Crippen LogP contribution is 2.32. The molecule has 2 rings (SSSR count). The maximum atomic E-state index is 10.8. The highest BCUT2D eigenvalue weighted by molar-refractivity contribution is 5.76. The van der Waals surface area contributed by atoms with E-state index in [1.807, 2.05) is 0 Å². The summed E-state index contributed by atoms with van der Waals surface area (Å²) in [5.41, 5.74) is 5.86. The van der Waals surface area contributed by atoms with Crippen LogP contribution < -0.4 is 5.73 Å². The predicted octanol–water partition coefficient (Wildman–Crippen LogP) is 0.761. The van der Waals surface area contributed by atoms with Gasteiger partial charge in [0.1, 0.15) is 11.7 Å². The van der Waals surface area contributed by atoms with Gasteiger partial charge in [0.15, 0.2) is 0 Å². The molecular weight excluding hydrogens is 172 g/mol. The van der Waals surface area contributed by atoms with E-state index in [4.69, 9.17) is 15.3 Å². The number of oxazole rings is 1. The Kier molecular flexibility index (Phi) is 1.72. The molecule has 1 unspecified atom stereocenters. The van der Waals surface area contributed by atoms with Gasteiger partial charge in [0, 0.05) is 6.42 Å². The summed E-state index contributed by atoms with van der Waals surface area (Å²) in [4.78, 5) is 14.7. The van der Waals surface area contributed by atoms with Gasteiger partial charge in [0.25, 0.3) is 6.01 Å². The molecule has 1 aliphatic carbocycles. The minimum Gasteiger partial charge on any atom is -0.481 e. The number of nitrogens with zero attached hydrogens (tertiary/aromatic N) is 1. The van der Waals surface area contributed by atoms with Crippen molar-refractivity contribution in [3.05, 3.63) is 11.5 Å². The molecule has 0 amide bonds. The van der Waals surface area contributed by atoms with Gasteiger partial charge in [-0.3, -0.25) is 4.79 Å². The molecule has 1 aromatic rings. The summed E-state index contributed by atoms with van der Waals surface area (Å²) < 4.78 is 5.09. The minimum atomic E-state index is -0.853. The number of nitrogens with two attached hydrogens (primary N) is 1. The van der Waals surface area contributed by atoms with Crippen molar-refractivity contribution in [3.8, 4) is 0 Å². The molecule has 1 atom stereocenters. The summed E-state index contributed by atoms with van der Waals surface area (Å²) in [7, 11) is 0. The molecule has 0 fully saturated rings. The average Bonchev–Trinajstić information content (AvgIpc) is 2.43. The SMILES string of the molecule is Nc1nc2c(o1)CCCC2C(=O)O. The van der Waals surface area contributed by atoms with Gasteiger partial charge in [0.05, 0.1) is 5.69 Å². The highest BCUT2D eigenvalue weighted by Gasteiger charge is 2.30. The molecule has 3 N–H and O–H groups in total. The zero-order valence-corrected chi connectivity index (χ0v) is 6.99. The largest absolute Gasteiger partial charge is 0.481 e. The van der Waals surface area contributed by atoms with Crippen LogP contribution >= 0.6 is 0 Å². The fourth-order valence-electron chi connectivity index (χ4n) is 1.68. The van der Waals surface area contributed by atoms with Crippen molar-refractivity contribution in [1.82, 2.24) is 4.98 Å². The summed E-state index contributed by atoms with van der Waals surface area (Å²) in [6, 6.07) is 0.0677. The van der Waals surface area contributed by atoms with Crippen molar-refractivity contribution in [2.24, 2.45) is 0 Å². The van der Waals surface area contributed by atoms with Gasteiger partial charge in [-0.05, 0) is 12.8 Å². The van der Waals surface area contributed by atoms with Gasteiger partial charge >= 0.3 is 5.97 Å². The van der Waals surface area contributed by atoms with E-state index in [2.05, 4.69) is 4.98 Å². The van der Waals surface area contributed by atoms with Crippen LogP contribution in [0.15, 0.2) is 4.42 Å². The van der Waals surface area contributed by atoms with E-state index in [1.165, 1.54) is 0 Å². The second-order valence-electron chi connectivity index (χ2n) is 3.14. The summed E-state index contributed by atoms with van der Waals surface area (Å²) in [5.74, 6) is -0.754. The van der Waals surface area contributed by atoms with Crippen LogP contribution in [0.25, 0.3) is 0 Å². The number of aliphatic carboxylic acids is 1. The fraction of sp³-hybridized carbons (Fsp3) is 0.500. The van der Waals surface area contributed by atoms with Gasteiger partial charge in [-0.25, -0.2) is 0 Å². The van der Waals surface area contributed by atoms with E-state index in [0.717, 1.165) is 12.8 Å². The molecule has 1 aliphatic rings. The third-order valence-corrected chi connectivity index (χ3v) is 2.27. The van der Waals surface area contributed by atoms with Crippen LogP contribution in [0.4, 0.5) is 6.01 Å². The lowest BCUT2D eigenvalue weighted by Crippen LogP contribution is -2.17. The normalized spacial score (nSPS) is 21.1. The number of aromatic nitrogens is 1. The van der Waals surface area contributed by atoms with Crippen LogP contribution in [0.1, 0.15) is 30.2 Å².